The number of nitrogens with one attached hydrogen (secondary N) is 1. The van der Waals surface area contributed by atoms with Crippen LogP contribution in [0.5, 0.6) is 0 Å². The highest BCUT2D eigenvalue weighted by Gasteiger charge is 2.28. The third-order valence-electron chi connectivity index (χ3n) is 1.03. The summed E-state index contributed by atoms with van der Waals surface area (Å²) in [7, 11) is 0. The van der Waals surface area contributed by atoms with Crippen molar-refractivity contribution in [3.63, 3.8) is 0 Å². The van der Waals surface area contributed by atoms with Crippen LogP contribution < -0.4 is 5.32 Å². The SMILES string of the molecule is CC(C)(C)[CH]C(=O)NCC(F)(F)F. The molecule has 0 heterocycles. The van der Waals surface area contributed by atoms with Crippen molar-refractivity contribution >= 4 is 5.91 Å². The molecule has 0 aliphatic heterocycles. The summed E-state index contributed by atoms with van der Waals surface area (Å²) in [6.07, 6.45) is -3.12. The van der Waals surface area contributed by atoms with Crippen LogP contribution in [-0.2, 0) is 4.79 Å². The molecule has 2 nitrogen and oxygen atoms in total. The summed E-state index contributed by atoms with van der Waals surface area (Å²) >= 11 is 0. The van der Waals surface area contributed by atoms with Gasteiger partial charge in [-0.3, -0.25) is 4.79 Å². The molecule has 0 aromatic heterocycles. The number of halogens is 3. The van der Waals surface area contributed by atoms with Gasteiger partial charge in [0, 0.05) is 0 Å². The number of hydrogen-bond acceptors (Lipinski definition) is 1. The average Bonchev–Trinajstić information content (AvgIpc) is 1.78. The Kier molecular flexibility index (Phi) is 3.75. The Morgan fingerprint density at radius 3 is 2.08 bits per heavy atom. The molecule has 13 heavy (non-hydrogen) atoms. The van der Waals surface area contributed by atoms with E-state index in [1.165, 1.54) is 6.42 Å². The number of carbonyl (C=O) groups excluding carboxylic acids is 1. The summed E-state index contributed by atoms with van der Waals surface area (Å²) in [6, 6.07) is 0. The van der Waals surface area contributed by atoms with Crippen LogP contribution in [0, 0.1) is 11.8 Å². The van der Waals surface area contributed by atoms with Crippen molar-refractivity contribution in [1.82, 2.24) is 5.32 Å². The van der Waals surface area contributed by atoms with Gasteiger partial charge in [0.05, 0.1) is 6.42 Å². The molecule has 0 rings (SSSR count). The molecule has 0 spiro atoms. The van der Waals surface area contributed by atoms with Crippen molar-refractivity contribution in [2.45, 2.75) is 26.9 Å². The normalized spacial score (nSPS) is 12.8. The van der Waals surface area contributed by atoms with Gasteiger partial charge < -0.3 is 5.32 Å². The molecule has 1 amide bonds. The molecule has 1 N–H and O–H groups in total. The third-order valence-corrected chi connectivity index (χ3v) is 1.03. The van der Waals surface area contributed by atoms with Crippen LogP contribution in [0.1, 0.15) is 20.8 Å². The molecule has 1 radical (unpaired) electrons. The van der Waals surface area contributed by atoms with E-state index >= 15 is 0 Å². The van der Waals surface area contributed by atoms with Gasteiger partial charge in [-0.1, -0.05) is 20.8 Å². The van der Waals surface area contributed by atoms with E-state index < -0.39 is 24.0 Å². The molecule has 0 bridgehead atoms. The van der Waals surface area contributed by atoms with Crippen molar-refractivity contribution in [2.24, 2.45) is 5.41 Å². The van der Waals surface area contributed by atoms with Crippen LogP contribution in [0.25, 0.3) is 0 Å². The Bertz CT molecular complexity index is 181. The van der Waals surface area contributed by atoms with Gasteiger partial charge in [0.25, 0.3) is 0 Å². The Labute approximate surface area is 75.5 Å². The van der Waals surface area contributed by atoms with Crippen LogP contribution >= 0.6 is 0 Å². The predicted molar refractivity (Wildman–Crippen MR) is 42.8 cm³/mol. The quantitative estimate of drug-likeness (QED) is 0.718. The Balaban J connectivity index is 3.78. The summed E-state index contributed by atoms with van der Waals surface area (Å²) in [5, 5.41) is 1.76. The van der Waals surface area contributed by atoms with E-state index in [0.29, 0.717) is 0 Å². The smallest absolute Gasteiger partial charge is 0.347 e. The standard InChI is InChI=1S/C8H13F3NO/c1-7(2,3)4-6(13)12-5-8(9,10)11/h4H,5H2,1-3H3,(H,12,13). The van der Waals surface area contributed by atoms with E-state index in [2.05, 4.69) is 0 Å². The highest BCUT2D eigenvalue weighted by atomic mass is 19.4. The van der Waals surface area contributed by atoms with Gasteiger partial charge in [0.1, 0.15) is 6.54 Å². The minimum atomic E-state index is -4.35. The molecular formula is C8H13F3NO. The number of amides is 1. The number of rotatable bonds is 2. The lowest BCUT2D eigenvalue weighted by Crippen LogP contribution is -2.35. The maximum absolute atomic E-state index is 11.6. The molecule has 0 aliphatic rings. The first-order chi connectivity index (χ1) is 5.60. The van der Waals surface area contributed by atoms with Crippen LogP contribution in [0.15, 0.2) is 0 Å². The van der Waals surface area contributed by atoms with E-state index in [1.807, 2.05) is 0 Å². The van der Waals surface area contributed by atoms with Gasteiger partial charge in [0.15, 0.2) is 0 Å². The fourth-order valence-corrected chi connectivity index (χ4v) is 0.632. The summed E-state index contributed by atoms with van der Waals surface area (Å²) in [5.74, 6) is -0.690. The van der Waals surface area contributed by atoms with Crippen molar-refractivity contribution in [3.8, 4) is 0 Å². The van der Waals surface area contributed by atoms with E-state index in [1.54, 1.807) is 26.1 Å². The summed E-state index contributed by atoms with van der Waals surface area (Å²) in [6.45, 7) is 3.93. The zero-order chi connectivity index (χ0) is 10.7. The number of carbonyl (C=O) groups is 1. The van der Waals surface area contributed by atoms with E-state index in [-0.39, 0.29) is 0 Å². The van der Waals surface area contributed by atoms with Crippen LogP contribution in [0.3, 0.4) is 0 Å². The van der Waals surface area contributed by atoms with Crippen LogP contribution in [-0.4, -0.2) is 18.6 Å². The second-order valence-corrected chi connectivity index (χ2v) is 3.84. The van der Waals surface area contributed by atoms with Crippen molar-refractivity contribution in [2.75, 3.05) is 6.54 Å². The zero-order valence-corrected chi connectivity index (χ0v) is 7.83. The second kappa shape index (κ2) is 3.98. The second-order valence-electron chi connectivity index (χ2n) is 3.84. The van der Waals surface area contributed by atoms with Crippen molar-refractivity contribution in [1.29, 1.82) is 0 Å². The third kappa shape index (κ3) is 9.17. The molecule has 5 heteroatoms. The molecule has 77 valence electrons. The monoisotopic (exact) mass is 196 g/mol. The molecule has 0 aromatic rings. The molecule has 0 atom stereocenters. The van der Waals surface area contributed by atoms with E-state index in [0.717, 1.165) is 0 Å². The summed E-state index contributed by atoms with van der Waals surface area (Å²) < 4.78 is 34.9. The van der Waals surface area contributed by atoms with E-state index in [9.17, 15) is 18.0 Å². The Hall–Kier alpha value is -0.740. The summed E-state index contributed by atoms with van der Waals surface area (Å²) in [5.41, 5.74) is -0.407. The first-order valence-electron chi connectivity index (χ1n) is 3.81. The van der Waals surface area contributed by atoms with Gasteiger partial charge >= 0.3 is 6.18 Å². The first-order valence-corrected chi connectivity index (χ1v) is 3.81. The average molecular weight is 196 g/mol. The molecule has 0 saturated heterocycles. The predicted octanol–water partition coefficient (Wildman–Crippen LogP) is 1.92. The maximum atomic E-state index is 11.6. The largest absolute Gasteiger partial charge is 0.405 e. The van der Waals surface area contributed by atoms with Crippen LogP contribution in [0.2, 0.25) is 0 Å². The fourth-order valence-electron chi connectivity index (χ4n) is 0.632. The maximum Gasteiger partial charge on any atom is 0.405 e. The highest BCUT2D eigenvalue weighted by Crippen LogP contribution is 2.17. The number of hydrogen-bond donors (Lipinski definition) is 1. The first kappa shape index (κ1) is 12.3. The molecule has 0 fully saturated rings. The van der Waals surface area contributed by atoms with Crippen molar-refractivity contribution < 1.29 is 18.0 Å². The lowest BCUT2D eigenvalue weighted by Gasteiger charge is -2.17. The molecule has 0 unspecified atom stereocenters. The lowest BCUT2D eigenvalue weighted by molar-refractivity contribution is -0.137. The minimum absolute atomic E-state index is 0.407. The molecule has 0 aliphatic carbocycles. The minimum Gasteiger partial charge on any atom is -0.347 e. The van der Waals surface area contributed by atoms with Gasteiger partial charge in [0.2, 0.25) is 5.91 Å². The lowest BCUT2D eigenvalue weighted by atomic mass is 9.92. The molecule has 0 aromatic carbocycles. The molecular weight excluding hydrogens is 183 g/mol. The Morgan fingerprint density at radius 1 is 1.31 bits per heavy atom. The van der Waals surface area contributed by atoms with Gasteiger partial charge in [-0.2, -0.15) is 13.2 Å². The van der Waals surface area contributed by atoms with Gasteiger partial charge in [-0.15, -0.1) is 0 Å². The van der Waals surface area contributed by atoms with Crippen molar-refractivity contribution in [3.05, 3.63) is 6.42 Å². The summed E-state index contributed by atoms with van der Waals surface area (Å²) in [4.78, 5) is 10.8. The topological polar surface area (TPSA) is 29.1 Å². The Morgan fingerprint density at radius 2 is 1.77 bits per heavy atom. The van der Waals surface area contributed by atoms with Crippen LogP contribution in [0.4, 0.5) is 13.2 Å². The highest BCUT2D eigenvalue weighted by molar-refractivity contribution is 5.85. The number of alkyl halides is 3. The zero-order valence-electron chi connectivity index (χ0n) is 7.83. The molecule has 0 saturated carbocycles. The van der Waals surface area contributed by atoms with E-state index in [4.69, 9.17) is 0 Å². The van der Waals surface area contributed by atoms with Gasteiger partial charge in [-0.25, -0.2) is 0 Å². The fraction of sp³-hybridized carbons (Fsp3) is 0.750. The van der Waals surface area contributed by atoms with Gasteiger partial charge in [-0.05, 0) is 5.41 Å².